The highest BCUT2D eigenvalue weighted by Crippen LogP contribution is 2.22. The summed E-state index contributed by atoms with van der Waals surface area (Å²) in [5.74, 6) is -0.170. The predicted molar refractivity (Wildman–Crippen MR) is 47.0 cm³/mol. The summed E-state index contributed by atoms with van der Waals surface area (Å²) in [5.41, 5.74) is 0. The summed E-state index contributed by atoms with van der Waals surface area (Å²) in [6.07, 6.45) is 2.06. The maximum absolute atomic E-state index is 10.4. The molecule has 1 N–H and O–H groups in total. The van der Waals surface area contributed by atoms with Crippen molar-refractivity contribution in [1.82, 2.24) is 14.9 Å². The van der Waals surface area contributed by atoms with Crippen molar-refractivity contribution in [3.8, 4) is 6.01 Å². The Morgan fingerprint density at radius 2 is 2.64 bits per heavy atom. The fourth-order valence-corrected chi connectivity index (χ4v) is 1.37. The number of hydrogen-bond acceptors (Lipinski definition) is 5. The lowest BCUT2D eigenvalue weighted by Crippen LogP contribution is -2.36. The van der Waals surface area contributed by atoms with Gasteiger partial charge in [-0.25, -0.2) is 0 Å². The minimum Gasteiger partial charge on any atom is -0.427 e. The lowest BCUT2D eigenvalue weighted by molar-refractivity contribution is -0.389. The van der Waals surface area contributed by atoms with E-state index in [4.69, 9.17) is 4.74 Å². The first-order valence-electron chi connectivity index (χ1n) is 4.26. The molecule has 0 amide bonds. The fourth-order valence-electron chi connectivity index (χ4n) is 1.37. The van der Waals surface area contributed by atoms with Gasteiger partial charge < -0.3 is 14.9 Å². The summed E-state index contributed by atoms with van der Waals surface area (Å²) in [6.45, 7) is 0.682. The summed E-state index contributed by atoms with van der Waals surface area (Å²) in [5, 5.41) is 13.4. The van der Waals surface area contributed by atoms with Gasteiger partial charge >= 0.3 is 11.8 Å². The molecule has 0 saturated carbocycles. The summed E-state index contributed by atoms with van der Waals surface area (Å²) in [6, 6.07) is 0.308. The van der Waals surface area contributed by atoms with Crippen LogP contribution in [0.2, 0.25) is 0 Å². The van der Waals surface area contributed by atoms with Gasteiger partial charge in [-0.1, -0.05) is 0 Å². The van der Waals surface area contributed by atoms with E-state index in [1.54, 1.807) is 11.6 Å². The third kappa shape index (κ3) is 1.41. The Hall–Kier alpha value is -1.63. The van der Waals surface area contributed by atoms with Gasteiger partial charge in [-0.15, -0.1) is 0 Å². The smallest absolute Gasteiger partial charge is 0.415 e. The van der Waals surface area contributed by atoms with Gasteiger partial charge in [0.25, 0.3) is 0 Å². The Kier molecular flexibility index (Phi) is 2.08. The van der Waals surface area contributed by atoms with Gasteiger partial charge in [0.15, 0.2) is 6.23 Å². The van der Waals surface area contributed by atoms with Crippen LogP contribution in [0.15, 0.2) is 6.20 Å². The van der Waals surface area contributed by atoms with Crippen LogP contribution in [0.4, 0.5) is 5.82 Å². The minimum atomic E-state index is -0.525. The zero-order valence-corrected chi connectivity index (χ0v) is 7.64. The molecule has 0 radical (unpaired) electrons. The molecule has 1 aromatic heterocycles. The van der Waals surface area contributed by atoms with Crippen LogP contribution in [-0.4, -0.2) is 27.7 Å². The molecule has 1 aromatic rings. The topological polar surface area (TPSA) is 82.2 Å². The lowest BCUT2D eigenvalue weighted by Gasteiger charge is -2.20. The Morgan fingerprint density at radius 3 is 3.29 bits per heavy atom. The third-order valence-corrected chi connectivity index (χ3v) is 2.12. The number of fused-ring (bicyclic) bond motifs is 1. The van der Waals surface area contributed by atoms with Crippen LogP contribution in [0.1, 0.15) is 6.42 Å². The van der Waals surface area contributed by atoms with Crippen molar-refractivity contribution in [2.24, 2.45) is 0 Å². The van der Waals surface area contributed by atoms with E-state index >= 15 is 0 Å². The van der Waals surface area contributed by atoms with Crippen molar-refractivity contribution in [3.63, 3.8) is 0 Å². The highest BCUT2D eigenvalue weighted by atomic mass is 16.6. The molecule has 14 heavy (non-hydrogen) atoms. The van der Waals surface area contributed by atoms with E-state index in [0.717, 1.165) is 6.42 Å². The van der Waals surface area contributed by atoms with Crippen LogP contribution in [0.3, 0.4) is 0 Å². The average molecular weight is 198 g/mol. The molecule has 1 aliphatic rings. The van der Waals surface area contributed by atoms with Gasteiger partial charge in [-0.05, 0) is 12.0 Å². The van der Waals surface area contributed by atoms with E-state index in [-0.39, 0.29) is 12.0 Å². The minimum absolute atomic E-state index is 0.107. The average Bonchev–Trinajstić information content (AvgIpc) is 2.59. The van der Waals surface area contributed by atoms with Crippen molar-refractivity contribution in [3.05, 3.63) is 16.3 Å². The molecular formula is C7H10N4O3. The third-order valence-electron chi connectivity index (χ3n) is 2.12. The first kappa shape index (κ1) is 8.95. The Labute approximate surface area is 79.8 Å². The maximum Gasteiger partial charge on any atom is 0.415 e. The highest BCUT2D eigenvalue weighted by molar-refractivity contribution is 5.21. The number of ether oxygens (including phenoxy) is 1. The van der Waals surface area contributed by atoms with E-state index in [1.807, 2.05) is 0 Å². The van der Waals surface area contributed by atoms with E-state index < -0.39 is 4.92 Å². The molecule has 7 heteroatoms. The normalized spacial score (nSPS) is 19.9. The number of aromatic nitrogens is 2. The molecule has 1 unspecified atom stereocenters. The number of nitro groups is 1. The van der Waals surface area contributed by atoms with Crippen LogP contribution in [0.25, 0.3) is 0 Å². The largest absolute Gasteiger partial charge is 0.427 e. The Bertz CT molecular complexity index is 362. The molecule has 2 heterocycles. The molecule has 1 aliphatic heterocycles. The van der Waals surface area contributed by atoms with Crippen LogP contribution in [0, 0.1) is 10.1 Å². The van der Waals surface area contributed by atoms with Crippen molar-refractivity contribution >= 4 is 5.82 Å². The van der Waals surface area contributed by atoms with Crippen molar-refractivity contribution in [1.29, 1.82) is 0 Å². The molecule has 0 saturated heterocycles. The van der Waals surface area contributed by atoms with E-state index in [0.29, 0.717) is 12.6 Å². The van der Waals surface area contributed by atoms with Crippen molar-refractivity contribution in [2.45, 2.75) is 19.2 Å². The molecule has 0 aliphatic carbocycles. The molecule has 2 rings (SSSR count). The second kappa shape index (κ2) is 3.26. The SMILES string of the molecule is CNC1CCn2cc([N+](=O)[O-])nc2O1. The predicted octanol–water partition coefficient (Wildman–Crippen LogP) is 0.119. The zero-order chi connectivity index (χ0) is 10.1. The van der Waals surface area contributed by atoms with E-state index in [2.05, 4.69) is 10.3 Å². The number of aryl methyl sites for hydroxylation is 1. The van der Waals surface area contributed by atoms with E-state index in [1.165, 1.54) is 6.20 Å². The van der Waals surface area contributed by atoms with Crippen LogP contribution in [-0.2, 0) is 6.54 Å². The van der Waals surface area contributed by atoms with Crippen LogP contribution in [0.5, 0.6) is 6.01 Å². The van der Waals surface area contributed by atoms with Crippen LogP contribution >= 0.6 is 0 Å². The molecule has 0 fully saturated rings. The second-order valence-corrected chi connectivity index (χ2v) is 3.02. The summed E-state index contributed by atoms with van der Waals surface area (Å²) in [7, 11) is 1.78. The Morgan fingerprint density at radius 1 is 1.86 bits per heavy atom. The second-order valence-electron chi connectivity index (χ2n) is 3.02. The standard InChI is InChI=1S/C7H10N4O3/c1-8-6-2-3-10-4-5(11(12)13)9-7(10)14-6/h4,6,8H,2-3H2,1H3. The zero-order valence-electron chi connectivity index (χ0n) is 7.64. The molecule has 0 bridgehead atoms. The molecular weight excluding hydrogens is 188 g/mol. The van der Waals surface area contributed by atoms with Gasteiger partial charge in [0.1, 0.15) is 6.20 Å². The summed E-state index contributed by atoms with van der Waals surface area (Å²) >= 11 is 0. The summed E-state index contributed by atoms with van der Waals surface area (Å²) in [4.78, 5) is 13.7. The lowest BCUT2D eigenvalue weighted by atomic mass is 10.3. The number of imidazole rings is 1. The molecule has 0 spiro atoms. The van der Waals surface area contributed by atoms with Crippen molar-refractivity contribution < 1.29 is 9.66 Å². The van der Waals surface area contributed by atoms with Gasteiger partial charge in [0, 0.05) is 17.9 Å². The summed E-state index contributed by atoms with van der Waals surface area (Å²) < 4.78 is 6.99. The number of nitrogens with one attached hydrogen (secondary N) is 1. The fraction of sp³-hybridized carbons (Fsp3) is 0.571. The van der Waals surface area contributed by atoms with Gasteiger partial charge in [-0.2, -0.15) is 0 Å². The van der Waals surface area contributed by atoms with Crippen LogP contribution < -0.4 is 10.1 Å². The van der Waals surface area contributed by atoms with E-state index in [9.17, 15) is 10.1 Å². The number of rotatable bonds is 2. The first-order valence-corrected chi connectivity index (χ1v) is 4.26. The van der Waals surface area contributed by atoms with Gasteiger partial charge in [0.05, 0.1) is 0 Å². The van der Waals surface area contributed by atoms with Crippen molar-refractivity contribution in [2.75, 3.05) is 7.05 Å². The van der Waals surface area contributed by atoms with Gasteiger partial charge in [-0.3, -0.25) is 9.88 Å². The van der Waals surface area contributed by atoms with Gasteiger partial charge in [0.2, 0.25) is 0 Å². The monoisotopic (exact) mass is 198 g/mol. The molecule has 76 valence electrons. The first-order chi connectivity index (χ1) is 6.70. The Balaban J connectivity index is 2.25. The number of hydrogen-bond donors (Lipinski definition) is 1. The molecule has 1 atom stereocenters. The highest BCUT2D eigenvalue weighted by Gasteiger charge is 2.26. The molecule has 7 nitrogen and oxygen atoms in total. The quantitative estimate of drug-likeness (QED) is 0.539. The molecule has 0 aromatic carbocycles. The number of nitrogens with zero attached hydrogens (tertiary/aromatic N) is 3. The maximum atomic E-state index is 10.4.